The molecule has 4 rings (SSSR count). The summed E-state index contributed by atoms with van der Waals surface area (Å²) in [4.78, 5) is 16.8. The summed E-state index contributed by atoms with van der Waals surface area (Å²) in [6.45, 7) is 2.66. The predicted molar refractivity (Wildman–Crippen MR) is 89.6 cm³/mol. The first-order valence-electron chi connectivity index (χ1n) is 7.94. The van der Waals surface area contributed by atoms with Gasteiger partial charge in [-0.1, -0.05) is 0 Å². The van der Waals surface area contributed by atoms with E-state index in [1.54, 1.807) is 12.1 Å². The Morgan fingerprint density at radius 3 is 2.65 bits per heavy atom. The summed E-state index contributed by atoms with van der Waals surface area (Å²) >= 11 is 0. The van der Waals surface area contributed by atoms with Crippen LogP contribution in [-0.4, -0.2) is 46.2 Å². The first-order chi connectivity index (χ1) is 12.4. The molecule has 0 aromatic carbocycles. The number of fused-ring (bicyclic) bond motifs is 1. The van der Waals surface area contributed by atoms with E-state index in [-0.39, 0.29) is 17.2 Å². The van der Waals surface area contributed by atoms with Gasteiger partial charge in [-0.3, -0.25) is 0 Å². The van der Waals surface area contributed by atoms with Crippen LogP contribution in [-0.2, 0) is 10.9 Å². The number of hydrogen-bond donors (Lipinski definition) is 2. The van der Waals surface area contributed by atoms with E-state index in [2.05, 4.69) is 24.8 Å². The lowest BCUT2D eigenvalue weighted by Gasteiger charge is -2.27. The summed E-state index contributed by atoms with van der Waals surface area (Å²) in [5.41, 5.74) is 5.06. The van der Waals surface area contributed by atoms with E-state index in [1.165, 1.54) is 6.20 Å². The summed E-state index contributed by atoms with van der Waals surface area (Å²) in [6, 6.07) is 3.51. The summed E-state index contributed by atoms with van der Waals surface area (Å²) in [7, 11) is 0. The standard InChI is InChI=1S/C16H15F3N6O/c17-16(18,19)11-8-22-15(20)24-13(11)10-7-21-14-9(10)1-2-12(23-14)25-3-5-26-6-4-25/h1-2,7-8H,3-6H2,(H,21,23)(H2,20,22,24). The summed E-state index contributed by atoms with van der Waals surface area (Å²) in [5, 5.41) is 0.533. The van der Waals surface area contributed by atoms with E-state index in [9.17, 15) is 13.2 Å². The number of pyridine rings is 1. The number of halogens is 3. The lowest BCUT2D eigenvalue weighted by atomic mass is 10.1. The van der Waals surface area contributed by atoms with Gasteiger partial charge in [-0.25, -0.2) is 15.0 Å². The molecule has 0 atom stereocenters. The van der Waals surface area contributed by atoms with E-state index in [1.807, 2.05) is 0 Å². The minimum atomic E-state index is -4.59. The van der Waals surface area contributed by atoms with Crippen LogP contribution < -0.4 is 10.6 Å². The molecule has 1 aliphatic heterocycles. The van der Waals surface area contributed by atoms with Gasteiger partial charge < -0.3 is 20.4 Å². The Kier molecular flexibility index (Phi) is 3.91. The predicted octanol–water partition coefficient (Wildman–Crippen LogP) is 2.46. The lowest BCUT2D eigenvalue weighted by Crippen LogP contribution is -2.36. The van der Waals surface area contributed by atoms with Gasteiger partial charge in [-0.05, 0) is 12.1 Å². The first-order valence-corrected chi connectivity index (χ1v) is 7.94. The zero-order valence-corrected chi connectivity index (χ0v) is 13.5. The second kappa shape index (κ2) is 6.13. The number of morpholine rings is 1. The van der Waals surface area contributed by atoms with Gasteiger partial charge in [-0.2, -0.15) is 13.2 Å². The number of nitrogens with zero attached hydrogens (tertiary/aromatic N) is 4. The van der Waals surface area contributed by atoms with Crippen LogP contribution in [0.5, 0.6) is 0 Å². The monoisotopic (exact) mass is 364 g/mol. The molecule has 0 aliphatic carbocycles. The SMILES string of the molecule is Nc1ncc(C(F)(F)F)c(-c2c[nH]c3nc(N4CCOCC4)ccc23)n1. The molecule has 136 valence electrons. The number of aromatic nitrogens is 4. The van der Waals surface area contributed by atoms with Crippen molar-refractivity contribution < 1.29 is 17.9 Å². The Labute approximate surface area is 146 Å². The topological polar surface area (TPSA) is 93.0 Å². The van der Waals surface area contributed by atoms with Crippen molar-refractivity contribution in [2.75, 3.05) is 36.9 Å². The number of rotatable bonds is 2. The van der Waals surface area contributed by atoms with Gasteiger partial charge in [0.2, 0.25) is 5.95 Å². The van der Waals surface area contributed by atoms with Crippen LogP contribution >= 0.6 is 0 Å². The normalized spacial score (nSPS) is 15.6. The summed E-state index contributed by atoms with van der Waals surface area (Å²) < 4.78 is 45.3. The summed E-state index contributed by atoms with van der Waals surface area (Å²) in [5.74, 6) is 0.521. The fourth-order valence-electron chi connectivity index (χ4n) is 2.97. The molecule has 0 unspecified atom stereocenters. The minimum absolute atomic E-state index is 0.222. The van der Waals surface area contributed by atoms with Crippen molar-refractivity contribution in [1.29, 1.82) is 0 Å². The molecule has 4 heterocycles. The quantitative estimate of drug-likeness (QED) is 0.726. The number of alkyl halides is 3. The fraction of sp³-hybridized carbons (Fsp3) is 0.312. The van der Waals surface area contributed by atoms with Gasteiger partial charge in [0.25, 0.3) is 0 Å². The van der Waals surface area contributed by atoms with Crippen LogP contribution in [0.15, 0.2) is 24.5 Å². The molecule has 0 saturated carbocycles. The molecule has 3 aromatic heterocycles. The first kappa shape index (κ1) is 16.6. The van der Waals surface area contributed by atoms with Crippen LogP contribution in [0.4, 0.5) is 24.9 Å². The highest BCUT2D eigenvalue weighted by Crippen LogP contribution is 2.38. The molecule has 1 fully saturated rings. The molecule has 1 aliphatic rings. The third kappa shape index (κ3) is 2.92. The van der Waals surface area contributed by atoms with Crippen molar-refractivity contribution in [3.8, 4) is 11.3 Å². The van der Waals surface area contributed by atoms with Gasteiger partial charge in [-0.15, -0.1) is 0 Å². The zero-order chi connectivity index (χ0) is 18.3. The van der Waals surface area contributed by atoms with Crippen molar-refractivity contribution in [3.05, 3.63) is 30.1 Å². The Bertz CT molecular complexity index is 949. The second-order valence-corrected chi connectivity index (χ2v) is 5.86. The second-order valence-electron chi connectivity index (χ2n) is 5.86. The van der Waals surface area contributed by atoms with Crippen LogP contribution in [0, 0.1) is 0 Å². The molecule has 0 radical (unpaired) electrons. The van der Waals surface area contributed by atoms with Gasteiger partial charge in [0, 0.05) is 36.4 Å². The van der Waals surface area contributed by atoms with Crippen LogP contribution in [0.2, 0.25) is 0 Å². The molecule has 3 N–H and O–H groups in total. The number of H-pyrrole nitrogens is 1. The molecular formula is C16H15F3N6O. The minimum Gasteiger partial charge on any atom is -0.378 e. The van der Waals surface area contributed by atoms with E-state index < -0.39 is 11.7 Å². The molecule has 10 heteroatoms. The van der Waals surface area contributed by atoms with Crippen molar-refractivity contribution >= 4 is 22.8 Å². The Balaban J connectivity index is 1.80. The van der Waals surface area contributed by atoms with E-state index in [4.69, 9.17) is 10.5 Å². The average molecular weight is 364 g/mol. The molecule has 0 spiro atoms. The number of nitrogens with two attached hydrogens (primary N) is 1. The maximum Gasteiger partial charge on any atom is 0.419 e. The van der Waals surface area contributed by atoms with Gasteiger partial charge in [0.05, 0.1) is 18.9 Å². The number of hydrogen-bond acceptors (Lipinski definition) is 6. The van der Waals surface area contributed by atoms with Crippen LogP contribution in [0.3, 0.4) is 0 Å². The van der Waals surface area contributed by atoms with E-state index >= 15 is 0 Å². The molecule has 26 heavy (non-hydrogen) atoms. The largest absolute Gasteiger partial charge is 0.419 e. The van der Waals surface area contributed by atoms with E-state index in [0.717, 1.165) is 5.82 Å². The van der Waals surface area contributed by atoms with Crippen molar-refractivity contribution in [1.82, 2.24) is 19.9 Å². The highest BCUT2D eigenvalue weighted by Gasteiger charge is 2.36. The Morgan fingerprint density at radius 2 is 1.92 bits per heavy atom. The maximum atomic E-state index is 13.3. The van der Waals surface area contributed by atoms with Crippen LogP contribution in [0.25, 0.3) is 22.3 Å². The number of nitrogens with one attached hydrogen (secondary N) is 1. The Morgan fingerprint density at radius 1 is 1.15 bits per heavy atom. The maximum absolute atomic E-state index is 13.3. The van der Waals surface area contributed by atoms with Gasteiger partial charge >= 0.3 is 6.18 Å². The third-order valence-corrected chi connectivity index (χ3v) is 4.23. The zero-order valence-electron chi connectivity index (χ0n) is 13.5. The average Bonchev–Trinajstić information content (AvgIpc) is 3.04. The molecule has 7 nitrogen and oxygen atoms in total. The summed E-state index contributed by atoms with van der Waals surface area (Å²) in [6.07, 6.45) is -2.43. The molecular weight excluding hydrogens is 349 g/mol. The van der Waals surface area contributed by atoms with Gasteiger partial charge in [0.15, 0.2) is 0 Å². The molecule has 0 bridgehead atoms. The number of ether oxygens (including phenoxy) is 1. The van der Waals surface area contributed by atoms with Gasteiger partial charge in [0.1, 0.15) is 17.0 Å². The number of anilines is 2. The molecule has 0 amide bonds. The van der Waals surface area contributed by atoms with Crippen molar-refractivity contribution in [2.45, 2.75) is 6.18 Å². The molecule has 1 saturated heterocycles. The third-order valence-electron chi connectivity index (χ3n) is 4.23. The van der Waals surface area contributed by atoms with E-state index in [0.29, 0.717) is 43.5 Å². The number of nitrogen functional groups attached to an aromatic ring is 1. The molecule has 3 aromatic rings. The Hall–Kier alpha value is -2.88. The van der Waals surface area contributed by atoms with Crippen molar-refractivity contribution in [2.24, 2.45) is 0 Å². The highest BCUT2D eigenvalue weighted by atomic mass is 19.4. The smallest absolute Gasteiger partial charge is 0.378 e. The lowest BCUT2D eigenvalue weighted by molar-refractivity contribution is -0.137. The van der Waals surface area contributed by atoms with Crippen LogP contribution in [0.1, 0.15) is 5.56 Å². The van der Waals surface area contributed by atoms with Crippen molar-refractivity contribution in [3.63, 3.8) is 0 Å². The fourth-order valence-corrected chi connectivity index (χ4v) is 2.97. The number of aromatic amines is 1. The highest BCUT2D eigenvalue weighted by molar-refractivity contribution is 5.94.